The standard InChI is InChI=1S/C16H20N.C2H6.2CH4.2HI.V/c1-5-6-9-17(4)15-8-7-14-10-12(2)13(3)16(14)11-15;1-2;;;;;/h5-9,11H,10H2,1-4H3;1-2H3;2*1H4;2*1H;/q+1;;;;;;+2/p-2. The van der Waals surface area contributed by atoms with Crippen molar-refractivity contribution < 1.29 is 14.0 Å². The van der Waals surface area contributed by atoms with Crippen LogP contribution in [-0.2, 0) is 15.9 Å². The molecule has 1 aliphatic carbocycles. The molecule has 4 heteroatoms. The zero-order valence-electron chi connectivity index (χ0n) is 14.3. The van der Waals surface area contributed by atoms with Crippen LogP contribution >= 0.6 is 40.0 Å². The van der Waals surface area contributed by atoms with Gasteiger partial charge in [-0.25, -0.2) is 4.58 Å². The average Bonchev–Trinajstić information content (AvgIpc) is 2.82. The van der Waals surface area contributed by atoms with Crippen LogP contribution in [0.2, 0.25) is 0 Å². The van der Waals surface area contributed by atoms with Crippen LogP contribution in [0.25, 0.3) is 5.57 Å². The molecule has 0 bridgehead atoms. The maximum atomic E-state index is 2.37. The van der Waals surface area contributed by atoms with E-state index in [1.54, 1.807) is 0 Å². The molecule has 0 radical (unpaired) electrons. The van der Waals surface area contributed by atoms with Gasteiger partial charge in [0.1, 0.15) is 7.05 Å². The summed E-state index contributed by atoms with van der Waals surface area (Å²) in [5, 5.41) is 0. The fraction of sp³-hybridized carbons (Fsp3) is 0.450. The summed E-state index contributed by atoms with van der Waals surface area (Å²) in [5.41, 5.74) is 7.07. The molecule has 0 aromatic heterocycles. The van der Waals surface area contributed by atoms with Gasteiger partial charge in [0, 0.05) is 12.1 Å². The van der Waals surface area contributed by atoms with E-state index in [-0.39, 0.29) is 14.9 Å². The van der Waals surface area contributed by atoms with E-state index in [1.165, 1.54) is 28.0 Å². The number of fused-ring (bicyclic) bond motifs is 1. The van der Waals surface area contributed by atoms with Crippen molar-refractivity contribution in [1.29, 1.82) is 0 Å². The van der Waals surface area contributed by atoms with Crippen molar-refractivity contribution in [2.24, 2.45) is 0 Å². The summed E-state index contributed by atoms with van der Waals surface area (Å²) in [6, 6.07) is 6.75. The molecule has 0 heterocycles. The van der Waals surface area contributed by atoms with Gasteiger partial charge in [0.15, 0.2) is 6.21 Å². The second-order valence-corrected chi connectivity index (χ2v) is 16.6. The van der Waals surface area contributed by atoms with Gasteiger partial charge >= 0.3 is 49.4 Å². The van der Waals surface area contributed by atoms with E-state index in [4.69, 9.17) is 0 Å². The Kier molecular flexibility index (Phi) is 20.5. The first-order valence-corrected chi connectivity index (χ1v) is 16.5. The molecule has 24 heavy (non-hydrogen) atoms. The van der Waals surface area contributed by atoms with Gasteiger partial charge in [-0.05, 0) is 50.0 Å². The van der Waals surface area contributed by atoms with Gasteiger partial charge < -0.3 is 0 Å². The predicted octanol–water partition coefficient (Wildman–Crippen LogP) is 8.02. The van der Waals surface area contributed by atoms with Crippen molar-refractivity contribution in [2.75, 3.05) is 7.05 Å². The molecular formula is C20H34I2NV+. The summed E-state index contributed by atoms with van der Waals surface area (Å²) in [6.07, 6.45) is 7.30. The Bertz CT molecular complexity index is 561. The number of nitrogens with zero attached hydrogens (tertiary/aromatic N) is 1. The van der Waals surface area contributed by atoms with Crippen LogP contribution in [0, 0.1) is 0 Å². The molecule has 0 unspecified atom stereocenters. The van der Waals surface area contributed by atoms with E-state index in [0.29, 0.717) is 9.47 Å². The summed E-state index contributed by atoms with van der Waals surface area (Å²) >= 11 is 4.74. The zero-order chi connectivity index (χ0) is 17.1. The third-order valence-corrected chi connectivity index (χ3v) is 3.50. The Hall–Kier alpha value is 0.414. The molecule has 0 N–H and O–H groups in total. The number of halogens is 2. The van der Waals surface area contributed by atoms with Crippen molar-refractivity contribution >= 4 is 57.4 Å². The number of benzene rings is 1. The normalized spacial score (nSPS) is 12.1. The molecule has 0 atom stereocenters. The van der Waals surface area contributed by atoms with Gasteiger partial charge in [-0.3, -0.25) is 0 Å². The van der Waals surface area contributed by atoms with Gasteiger partial charge in [-0.2, -0.15) is 0 Å². The molecule has 0 fully saturated rings. The third kappa shape index (κ3) is 9.21. The summed E-state index contributed by atoms with van der Waals surface area (Å²) in [4.78, 5) is 0. The van der Waals surface area contributed by atoms with Crippen molar-refractivity contribution in [3.63, 3.8) is 0 Å². The van der Waals surface area contributed by atoms with Crippen molar-refractivity contribution in [3.8, 4) is 0 Å². The second-order valence-electron chi connectivity index (χ2n) is 4.77. The van der Waals surface area contributed by atoms with E-state index < -0.39 is 0 Å². The summed E-state index contributed by atoms with van der Waals surface area (Å²) in [6.45, 7) is 10.5. The number of hydrogen-bond donors (Lipinski definition) is 0. The molecule has 1 aromatic carbocycles. The van der Waals surface area contributed by atoms with E-state index in [1.807, 2.05) is 26.8 Å². The first kappa shape index (κ1) is 29.2. The number of rotatable bonds is 2. The molecule has 0 saturated heterocycles. The van der Waals surface area contributed by atoms with Crippen LogP contribution in [0.3, 0.4) is 0 Å². The van der Waals surface area contributed by atoms with Crippen LogP contribution in [0.4, 0.5) is 5.69 Å². The van der Waals surface area contributed by atoms with Crippen LogP contribution in [0.5, 0.6) is 0 Å². The first-order valence-electron chi connectivity index (χ1n) is 7.46. The molecule has 0 spiro atoms. The van der Waals surface area contributed by atoms with Gasteiger partial charge in [0.25, 0.3) is 0 Å². The minimum absolute atomic E-state index is 0. The molecule has 0 aliphatic heterocycles. The van der Waals surface area contributed by atoms with Crippen LogP contribution in [-0.4, -0.2) is 17.8 Å². The van der Waals surface area contributed by atoms with E-state index in [2.05, 4.69) is 95.9 Å². The fourth-order valence-corrected chi connectivity index (χ4v) is 2.24. The molecular weight excluding hydrogens is 559 g/mol. The summed E-state index contributed by atoms with van der Waals surface area (Å²) in [5.74, 6) is 0. The molecule has 1 aliphatic rings. The van der Waals surface area contributed by atoms with E-state index in [9.17, 15) is 0 Å². The zero-order valence-corrected chi connectivity index (χ0v) is 20.0. The molecule has 1 aromatic rings. The van der Waals surface area contributed by atoms with Gasteiger partial charge in [-0.15, -0.1) is 0 Å². The van der Waals surface area contributed by atoms with Crippen molar-refractivity contribution in [3.05, 3.63) is 47.1 Å². The fourth-order valence-electron chi connectivity index (χ4n) is 2.24. The van der Waals surface area contributed by atoms with Crippen LogP contribution in [0.1, 0.15) is 60.6 Å². The SMILES string of the molecule is C.C.CC.CC=CC=[N+](C)c1ccc2c(c1)C(C)=C(C)C2.[I][V][I]. The van der Waals surface area contributed by atoms with Crippen molar-refractivity contribution in [2.45, 2.75) is 55.9 Å². The van der Waals surface area contributed by atoms with Crippen LogP contribution in [0.15, 0.2) is 35.9 Å². The monoisotopic (exact) mass is 593 g/mol. The summed E-state index contributed by atoms with van der Waals surface area (Å²) in [7, 11) is 2.71. The second kappa shape index (κ2) is 16.9. The Morgan fingerprint density at radius 2 is 1.67 bits per heavy atom. The first-order chi connectivity index (χ1) is 10.5. The molecule has 0 saturated carbocycles. The van der Waals surface area contributed by atoms with Gasteiger partial charge in [0.05, 0.1) is 0 Å². The van der Waals surface area contributed by atoms with Gasteiger partial charge in [0.2, 0.25) is 5.69 Å². The summed E-state index contributed by atoms with van der Waals surface area (Å²) < 4.78 is 2.15. The van der Waals surface area contributed by atoms with E-state index >= 15 is 0 Å². The topological polar surface area (TPSA) is 3.01 Å². The number of hydrogen-bond acceptors (Lipinski definition) is 0. The Morgan fingerprint density at radius 3 is 2.17 bits per heavy atom. The van der Waals surface area contributed by atoms with Crippen LogP contribution < -0.4 is 0 Å². The quantitative estimate of drug-likeness (QED) is 0.186. The van der Waals surface area contributed by atoms with Gasteiger partial charge in [-0.1, -0.05) is 46.4 Å². The Balaban J connectivity index is -0.000000570. The molecule has 1 nitrogen and oxygen atoms in total. The molecule has 137 valence electrons. The Morgan fingerprint density at radius 1 is 1.12 bits per heavy atom. The maximum absolute atomic E-state index is 2.37. The average molecular weight is 593 g/mol. The van der Waals surface area contributed by atoms with E-state index in [0.717, 1.165) is 6.42 Å². The van der Waals surface area contributed by atoms with Crippen molar-refractivity contribution in [1.82, 2.24) is 0 Å². The third-order valence-electron chi connectivity index (χ3n) is 3.50. The molecule has 0 amide bonds. The molecule has 2 rings (SSSR count). The Labute approximate surface area is 179 Å². The minimum atomic E-state index is 0. The number of allylic oxidation sites excluding steroid dienone is 4. The predicted molar refractivity (Wildman–Crippen MR) is 128 cm³/mol.